The molecule has 0 saturated carbocycles. The van der Waals surface area contributed by atoms with Gasteiger partial charge in [-0.3, -0.25) is 14.2 Å². The largest absolute Gasteiger partial charge is 0.756 e. The molecule has 0 spiro atoms. The fourth-order valence-corrected chi connectivity index (χ4v) is 11.3. The number of carbonyl (C=O) groups is 2. The number of unbranched alkanes of at least 4 members (excludes halogenated alkanes) is 45. The molecule has 3 unspecified atom stereocenters. The number of hydrogen-bond acceptors (Lipinski definition) is 7. The first-order valence-corrected chi connectivity index (χ1v) is 36.8. The van der Waals surface area contributed by atoms with E-state index < -0.39 is 20.0 Å². The van der Waals surface area contributed by atoms with E-state index in [-0.39, 0.29) is 31.5 Å². The Hall–Kier alpha value is -1.77. The Morgan fingerprint density at radius 3 is 1.14 bits per heavy atom. The molecular formula is C71H137N2O7P. The molecule has 478 valence electrons. The van der Waals surface area contributed by atoms with E-state index in [9.17, 15) is 19.0 Å². The van der Waals surface area contributed by atoms with Crippen LogP contribution in [0.15, 0.2) is 36.5 Å². The van der Waals surface area contributed by atoms with Crippen LogP contribution in [-0.2, 0) is 27.9 Å². The van der Waals surface area contributed by atoms with Gasteiger partial charge in [-0.15, -0.1) is 0 Å². The van der Waals surface area contributed by atoms with Gasteiger partial charge in [0.25, 0.3) is 7.82 Å². The highest BCUT2D eigenvalue weighted by Gasteiger charge is 2.27. The normalized spacial score (nSPS) is 13.7. The van der Waals surface area contributed by atoms with Gasteiger partial charge in [0.2, 0.25) is 5.91 Å². The van der Waals surface area contributed by atoms with E-state index in [0.29, 0.717) is 17.4 Å². The first kappa shape index (κ1) is 79.2. The number of quaternary nitrogens is 1. The quantitative estimate of drug-likeness (QED) is 0.0212. The number of phosphoric ester groups is 1. The van der Waals surface area contributed by atoms with Crippen molar-refractivity contribution in [2.45, 2.75) is 367 Å². The van der Waals surface area contributed by atoms with Crippen molar-refractivity contribution in [2.75, 3.05) is 40.9 Å². The van der Waals surface area contributed by atoms with Crippen molar-refractivity contribution in [3.05, 3.63) is 36.5 Å². The number of nitrogens with one attached hydrogen (secondary N) is 1. The van der Waals surface area contributed by atoms with E-state index in [2.05, 4.69) is 50.4 Å². The van der Waals surface area contributed by atoms with E-state index in [1.807, 2.05) is 33.3 Å². The average molecular weight is 1160 g/mol. The van der Waals surface area contributed by atoms with Gasteiger partial charge < -0.3 is 28.5 Å². The van der Waals surface area contributed by atoms with Crippen LogP contribution in [0.5, 0.6) is 0 Å². The molecule has 0 aliphatic carbocycles. The summed E-state index contributed by atoms with van der Waals surface area (Å²) in [5.41, 5.74) is 0. The molecule has 0 bridgehead atoms. The SMILES string of the molecule is CCCCC/C=C\C/C=C\CCCCCCCCCCCCCCCC(=O)OC(/C=C/CCCCCCCCCCCCC)C(COP(=O)([O-])OCC[N+](C)(C)C)NC(=O)CCCCCCCCCCCCCCCCCCCCC. The second-order valence-electron chi connectivity index (χ2n) is 25.4. The third kappa shape index (κ3) is 62.6. The van der Waals surface area contributed by atoms with Gasteiger partial charge in [0.15, 0.2) is 0 Å². The van der Waals surface area contributed by atoms with Crippen LogP contribution >= 0.6 is 7.82 Å². The predicted octanol–water partition coefficient (Wildman–Crippen LogP) is 21.6. The van der Waals surface area contributed by atoms with Crippen molar-refractivity contribution < 1.29 is 37.3 Å². The van der Waals surface area contributed by atoms with Crippen LogP contribution in [0.2, 0.25) is 0 Å². The van der Waals surface area contributed by atoms with Crippen molar-refractivity contribution in [1.29, 1.82) is 0 Å². The van der Waals surface area contributed by atoms with Crippen LogP contribution in [0.3, 0.4) is 0 Å². The van der Waals surface area contributed by atoms with Gasteiger partial charge >= 0.3 is 5.97 Å². The fourth-order valence-electron chi connectivity index (χ4n) is 10.6. The summed E-state index contributed by atoms with van der Waals surface area (Å²) >= 11 is 0. The number of ether oxygens (including phenoxy) is 1. The Bertz CT molecular complexity index is 1480. The van der Waals surface area contributed by atoms with Crippen molar-refractivity contribution in [2.24, 2.45) is 0 Å². The standard InChI is InChI=1S/C71H137N2O7P/c1-7-10-13-16-19-22-25-28-30-32-34-35-36-37-39-41-43-46-49-52-55-58-61-64-71(75)80-69(62-59-56-53-50-47-44-27-24-21-18-15-12-9-3)68(67-79-81(76,77)78-66-65-73(4,5)6)72-70(74)63-60-57-54-51-48-45-42-40-38-33-31-29-26-23-20-17-14-11-8-2/h19,22,28,30,59,62,68-69H,7-18,20-21,23-27,29,31-58,60-61,63-67H2,1-6H3,(H-,72,74,76,77)/b22-19-,30-28-,62-59+. The van der Waals surface area contributed by atoms with E-state index in [1.54, 1.807) is 0 Å². The summed E-state index contributed by atoms with van der Waals surface area (Å²) in [4.78, 5) is 40.2. The summed E-state index contributed by atoms with van der Waals surface area (Å²) in [7, 11) is 1.20. The molecule has 81 heavy (non-hydrogen) atoms. The Balaban J connectivity index is 5.10. The molecule has 0 aromatic heterocycles. The molecule has 0 radical (unpaired) electrons. The van der Waals surface area contributed by atoms with Crippen LogP contribution in [0.1, 0.15) is 355 Å². The second kappa shape index (κ2) is 61.3. The van der Waals surface area contributed by atoms with Crippen molar-refractivity contribution in [3.8, 4) is 0 Å². The van der Waals surface area contributed by atoms with Gasteiger partial charge in [-0.25, -0.2) is 0 Å². The van der Waals surface area contributed by atoms with Gasteiger partial charge in [0.1, 0.15) is 19.3 Å². The monoisotopic (exact) mass is 1160 g/mol. The molecule has 1 N–H and O–H groups in total. The molecule has 0 aliphatic heterocycles. The molecule has 0 heterocycles. The summed E-state index contributed by atoms with van der Waals surface area (Å²) in [6.07, 6.45) is 75.4. The number of rotatable bonds is 65. The topological polar surface area (TPSA) is 114 Å². The van der Waals surface area contributed by atoms with Gasteiger partial charge in [0.05, 0.1) is 33.8 Å². The number of esters is 1. The van der Waals surface area contributed by atoms with Gasteiger partial charge in [-0.1, -0.05) is 314 Å². The molecule has 0 fully saturated rings. The van der Waals surface area contributed by atoms with E-state index in [1.165, 1.54) is 257 Å². The lowest BCUT2D eigenvalue weighted by molar-refractivity contribution is -0.870. The smallest absolute Gasteiger partial charge is 0.306 e. The summed E-state index contributed by atoms with van der Waals surface area (Å²) < 4.78 is 30.5. The first-order valence-electron chi connectivity index (χ1n) is 35.3. The molecule has 0 aromatic rings. The lowest BCUT2D eigenvalue weighted by Crippen LogP contribution is -2.47. The molecular weight excluding hydrogens is 1020 g/mol. The molecule has 9 nitrogen and oxygen atoms in total. The summed E-state index contributed by atoms with van der Waals surface area (Å²) in [5.74, 6) is -0.521. The minimum Gasteiger partial charge on any atom is -0.756 e. The second-order valence-corrected chi connectivity index (χ2v) is 26.8. The summed E-state index contributed by atoms with van der Waals surface area (Å²) in [5, 5.41) is 3.05. The van der Waals surface area contributed by atoms with Crippen LogP contribution in [-0.4, -0.2) is 69.4 Å². The maximum Gasteiger partial charge on any atom is 0.306 e. The minimum absolute atomic E-state index is 0.0191. The molecule has 0 rings (SSSR count). The Morgan fingerprint density at radius 2 is 0.753 bits per heavy atom. The van der Waals surface area contributed by atoms with E-state index >= 15 is 0 Å². The van der Waals surface area contributed by atoms with Crippen molar-refractivity contribution in [3.63, 3.8) is 0 Å². The molecule has 1 amide bonds. The average Bonchev–Trinajstić information content (AvgIpc) is 3.44. The molecule has 0 aliphatic rings. The number of hydrogen-bond donors (Lipinski definition) is 1. The zero-order chi connectivity index (χ0) is 59.3. The highest BCUT2D eigenvalue weighted by atomic mass is 31.2. The fraction of sp³-hybridized carbons (Fsp3) is 0.887. The number of amides is 1. The van der Waals surface area contributed by atoms with E-state index in [4.69, 9.17) is 13.8 Å². The molecule has 0 aromatic carbocycles. The maximum absolute atomic E-state index is 13.6. The van der Waals surface area contributed by atoms with Crippen LogP contribution in [0.25, 0.3) is 0 Å². The highest BCUT2D eigenvalue weighted by Crippen LogP contribution is 2.38. The van der Waals surface area contributed by atoms with Crippen LogP contribution in [0.4, 0.5) is 0 Å². The molecule has 0 saturated heterocycles. The lowest BCUT2D eigenvalue weighted by Gasteiger charge is -2.30. The van der Waals surface area contributed by atoms with Crippen molar-refractivity contribution in [1.82, 2.24) is 5.32 Å². The maximum atomic E-state index is 13.6. The molecule has 10 heteroatoms. The third-order valence-corrected chi connectivity index (χ3v) is 17.0. The zero-order valence-electron chi connectivity index (χ0n) is 54.8. The van der Waals surface area contributed by atoms with Crippen molar-refractivity contribution >= 4 is 19.7 Å². The van der Waals surface area contributed by atoms with Crippen LogP contribution in [0, 0.1) is 0 Å². The van der Waals surface area contributed by atoms with E-state index in [0.717, 1.165) is 64.2 Å². The third-order valence-electron chi connectivity index (χ3n) is 16.1. The van der Waals surface area contributed by atoms with Gasteiger partial charge in [0, 0.05) is 12.8 Å². The first-order chi connectivity index (χ1) is 39.4. The number of likely N-dealkylation sites (N-methyl/N-ethyl adjacent to an activating group) is 1. The number of phosphoric acid groups is 1. The lowest BCUT2D eigenvalue weighted by atomic mass is 10.0. The number of allylic oxidation sites excluding steroid dienone is 5. The number of nitrogens with zero attached hydrogens (tertiary/aromatic N) is 1. The Morgan fingerprint density at radius 1 is 0.432 bits per heavy atom. The molecule has 3 atom stereocenters. The Kier molecular flexibility index (Phi) is 60.0. The highest BCUT2D eigenvalue weighted by molar-refractivity contribution is 7.45. The summed E-state index contributed by atoms with van der Waals surface area (Å²) in [6, 6.07) is -0.885. The number of carbonyl (C=O) groups excluding carboxylic acids is 2. The minimum atomic E-state index is -4.70. The van der Waals surface area contributed by atoms with Gasteiger partial charge in [-0.05, 0) is 63.9 Å². The van der Waals surface area contributed by atoms with Crippen LogP contribution < -0.4 is 10.2 Å². The van der Waals surface area contributed by atoms with Gasteiger partial charge in [-0.2, -0.15) is 0 Å². The Labute approximate surface area is 504 Å². The summed E-state index contributed by atoms with van der Waals surface area (Å²) in [6.45, 7) is 6.88. The zero-order valence-corrected chi connectivity index (χ0v) is 55.7. The predicted molar refractivity (Wildman–Crippen MR) is 349 cm³/mol.